The number of nitrogens with one attached hydrogen (secondary N) is 1. The number of ether oxygens (including phenoxy) is 2. The highest BCUT2D eigenvalue weighted by Crippen LogP contribution is 2.46. The number of para-hydroxylation sites is 1. The molecule has 2 rings (SSSR count). The molecule has 0 spiro atoms. The Labute approximate surface area is 129 Å². The molecular formula is C18H29NO2. The first-order chi connectivity index (χ1) is 10.1. The second-order valence-corrected chi connectivity index (χ2v) is 6.21. The van der Waals surface area contributed by atoms with E-state index in [4.69, 9.17) is 9.47 Å². The van der Waals surface area contributed by atoms with Crippen LogP contribution in [0.3, 0.4) is 0 Å². The van der Waals surface area contributed by atoms with Gasteiger partial charge in [-0.15, -0.1) is 0 Å². The van der Waals surface area contributed by atoms with Crippen molar-refractivity contribution in [1.82, 2.24) is 5.32 Å². The molecule has 0 radical (unpaired) electrons. The SMILES string of the molecule is CCCNC(c1ccccc1OC(C)C)C1(OC)CCC1. The van der Waals surface area contributed by atoms with E-state index < -0.39 is 0 Å². The van der Waals surface area contributed by atoms with Crippen molar-refractivity contribution in [2.75, 3.05) is 13.7 Å². The first kappa shape index (κ1) is 16.3. The van der Waals surface area contributed by atoms with Crippen molar-refractivity contribution < 1.29 is 9.47 Å². The van der Waals surface area contributed by atoms with Crippen LogP contribution in [0, 0.1) is 0 Å². The predicted octanol–water partition coefficient (Wildman–Crippen LogP) is 4.08. The van der Waals surface area contributed by atoms with Crippen molar-refractivity contribution in [2.45, 2.75) is 64.2 Å². The Bertz CT molecular complexity index is 435. The van der Waals surface area contributed by atoms with Crippen LogP contribution in [-0.2, 0) is 4.74 Å². The van der Waals surface area contributed by atoms with Crippen LogP contribution in [-0.4, -0.2) is 25.4 Å². The first-order valence-corrected chi connectivity index (χ1v) is 8.17. The minimum absolute atomic E-state index is 0.0778. The van der Waals surface area contributed by atoms with E-state index in [9.17, 15) is 0 Å². The lowest BCUT2D eigenvalue weighted by Gasteiger charge is -2.47. The van der Waals surface area contributed by atoms with Gasteiger partial charge in [-0.2, -0.15) is 0 Å². The van der Waals surface area contributed by atoms with Gasteiger partial charge in [0.05, 0.1) is 17.7 Å². The van der Waals surface area contributed by atoms with Gasteiger partial charge in [0.25, 0.3) is 0 Å². The van der Waals surface area contributed by atoms with E-state index in [1.165, 1.54) is 12.0 Å². The largest absolute Gasteiger partial charge is 0.491 e. The molecule has 3 heteroatoms. The van der Waals surface area contributed by atoms with E-state index in [0.29, 0.717) is 0 Å². The summed E-state index contributed by atoms with van der Waals surface area (Å²) in [4.78, 5) is 0. The van der Waals surface area contributed by atoms with Gasteiger partial charge < -0.3 is 14.8 Å². The average Bonchev–Trinajstić information content (AvgIpc) is 2.42. The Morgan fingerprint density at radius 1 is 1.24 bits per heavy atom. The second-order valence-electron chi connectivity index (χ2n) is 6.21. The van der Waals surface area contributed by atoms with Gasteiger partial charge in [0.15, 0.2) is 0 Å². The summed E-state index contributed by atoms with van der Waals surface area (Å²) in [5, 5.41) is 3.69. The van der Waals surface area contributed by atoms with Gasteiger partial charge >= 0.3 is 0 Å². The summed E-state index contributed by atoms with van der Waals surface area (Å²) in [7, 11) is 1.84. The van der Waals surface area contributed by atoms with Crippen LogP contribution >= 0.6 is 0 Å². The van der Waals surface area contributed by atoms with E-state index in [1.807, 2.05) is 13.2 Å². The molecule has 3 nitrogen and oxygen atoms in total. The van der Waals surface area contributed by atoms with Crippen LogP contribution < -0.4 is 10.1 Å². The molecule has 1 saturated carbocycles. The fourth-order valence-electron chi connectivity index (χ4n) is 3.08. The molecule has 1 fully saturated rings. The number of methoxy groups -OCH3 is 1. The van der Waals surface area contributed by atoms with Crippen LogP contribution in [0.2, 0.25) is 0 Å². The maximum absolute atomic E-state index is 6.02. The third-order valence-electron chi connectivity index (χ3n) is 4.32. The minimum Gasteiger partial charge on any atom is -0.491 e. The number of rotatable bonds is 8. The van der Waals surface area contributed by atoms with E-state index >= 15 is 0 Å². The smallest absolute Gasteiger partial charge is 0.124 e. The van der Waals surface area contributed by atoms with Crippen LogP contribution in [0.5, 0.6) is 5.75 Å². The Kier molecular flexibility index (Phi) is 5.65. The van der Waals surface area contributed by atoms with E-state index in [1.54, 1.807) is 0 Å². The highest BCUT2D eigenvalue weighted by atomic mass is 16.5. The molecule has 118 valence electrons. The fraction of sp³-hybridized carbons (Fsp3) is 0.667. The molecule has 1 aromatic carbocycles. The van der Waals surface area contributed by atoms with Gasteiger partial charge in [0.1, 0.15) is 5.75 Å². The summed E-state index contributed by atoms with van der Waals surface area (Å²) in [6.45, 7) is 7.33. The van der Waals surface area contributed by atoms with Gasteiger partial charge in [0.2, 0.25) is 0 Å². The molecule has 1 atom stereocenters. The first-order valence-electron chi connectivity index (χ1n) is 8.17. The third-order valence-corrected chi connectivity index (χ3v) is 4.32. The molecule has 0 heterocycles. The Morgan fingerprint density at radius 2 is 1.95 bits per heavy atom. The third kappa shape index (κ3) is 3.58. The lowest BCUT2D eigenvalue weighted by Crippen LogP contribution is -2.50. The van der Waals surface area contributed by atoms with Gasteiger partial charge in [0, 0.05) is 12.7 Å². The zero-order valence-corrected chi connectivity index (χ0v) is 13.8. The molecular weight excluding hydrogens is 262 g/mol. The highest BCUT2D eigenvalue weighted by molar-refractivity contribution is 5.38. The van der Waals surface area contributed by atoms with Crippen LogP contribution in [0.15, 0.2) is 24.3 Å². The summed E-state index contributed by atoms with van der Waals surface area (Å²) in [5.41, 5.74) is 1.15. The lowest BCUT2D eigenvalue weighted by molar-refractivity contribution is -0.100. The molecule has 0 amide bonds. The number of hydrogen-bond acceptors (Lipinski definition) is 3. The second kappa shape index (κ2) is 7.28. The Morgan fingerprint density at radius 3 is 2.48 bits per heavy atom. The minimum atomic E-state index is -0.0778. The predicted molar refractivity (Wildman–Crippen MR) is 86.8 cm³/mol. The summed E-state index contributed by atoms with van der Waals surface area (Å²) < 4.78 is 11.9. The Balaban J connectivity index is 2.32. The van der Waals surface area contributed by atoms with E-state index in [0.717, 1.165) is 31.6 Å². The number of hydrogen-bond donors (Lipinski definition) is 1. The van der Waals surface area contributed by atoms with E-state index in [-0.39, 0.29) is 17.7 Å². The fourth-order valence-corrected chi connectivity index (χ4v) is 3.08. The molecule has 0 saturated heterocycles. The van der Waals surface area contributed by atoms with Gasteiger partial charge in [-0.3, -0.25) is 0 Å². The maximum Gasteiger partial charge on any atom is 0.124 e. The maximum atomic E-state index is 6.02. The summed E-state index contributed by atoms with van der Waals surface area (Å²) >= 11 is 0. The van der Waals surface area contributed by atoms with Crippen molar-refractivity contribution >= 4 is 0 Å². The molecule has 1 unspecified atom stereocenters. The molecule has 1 aliphatic rings. The van der Waals surface area contributed by atoms with Crippen molar-refractivity contribution in [2.24, 2.45) is 0 Å². The van der Waals surface area contributed by atoms with Gasteiger partial charge in [-0.1, -0.05) is 25.1 Å². The van der Waals surface area contributed by atoms with Crippen molar-refractivity contribution in [3.8, 4) is 5.75 Å². The molecule has 0 aliphatic heterocycles. The molecule has 0 aromatic heterocycles. The van der Waals surface area contributed by atoms with Crippen molar-refractivity contribution in [3.05, 3.63) is 29.8 Å². The Hall–Kier alpha value is -1.06. The monoisotopic (exact) mass is 291 g/mol. The van der Waals surface area contributed by atoms with Crippen LogP contribution in [0.1, 0.15) is 58.1 Å². The van der Waals surface area contributed by atoms with Gasteiger partial charge in [-0.25, -0.2) is 0 Å². The average molecular weight is 291 g/mol. The normalized spacial score (nSPS) is 18.3. The summed E-state index contributed by atoms with van der Waals surface area (Å²) in [5.74, 6) is 0.976. The molecule has 1 aliphatic carbocycles. The summed E-state index contributed by atoms with van der Waals surface area (Å²) in [6.07, 6.45) is 4.76. The zero-order chi connectivity index (χ0) is 15.3. The topological polar surface area (TPSA) is 30.5 Å². The zero-order valence-electron chi connectivity index (χ0n) is 13.8. The molecule has 0 bridgehead atoms. The van der Waals surface area contributed by atoms with Gasteiger partial charge in [-0.05, 0) is 52.1 Å². The molecule has 1 N–H and O–H groups in total. The van der Waals surface area contributed by atoms with Crippen molar-refractivity contribution in [1.29, 1.82) is 0 Å². The highest BCUT2D eigenvalue weighted by Gasteiger charge is 2.45. The van der Waals surface area contributed by atoms with Crippen molar-refractivity contribution in [3.63, 3.8) is 0 Å². The van der Waals surface area contributed by atoms with E-state index in [2.05, 4.69) is 44.3 Å². The molecule has 1 aromatic rings. The quantitative estimate of drug-likeness (QED) is 0.782. The van der Waals surface area contributed by atoms with Crippen LogP contribution in [0.25, 0.3) is 0 Å². The van der Waals surface area contributed by atoms with Crippen LogP contribution in [0.4, 0.5) is 0 Å². The summed E-state index contributed by atoms with van der Waals surface area (Å²) in [6, 6.07) is 8.57. The standard InChI is InChI=1S/C18H29NO2/c1-5-13-19-17(18(20-4)11-8-12-18)15-9-6-7-10-16(15)21-14(2)3/h6-7,9-10,14,17,19H,5,8,11-13H2,1-4H3. The molecule has 21 heavy (non-hydrogen) atoms. The lowest BCUT2D eigenvalue weighted by atomic mass is 9.72. The number of benzene rings is 1.